The summed E-state index contributed by atoms with van der Waals surface area (Å²) in [5.41, 5.74) is 0.696. The molecule has 0 bridgehead atoms. The van der Waals surface area contributed by atoms with Crippen molar-refractivity contribution in [3.8, 4) is 0 Å². The smallest absolute Gasteiger partial charge is 0.257 e. The summed E-state index contributed by atoms with van der Waals surface area (Å²) < 4.78 is 0.490. The van der Waals surface area contributed by atoms with Gasteiger partial charge in [-0.3, -0.25) is 14.9 Å². The van der Waals surface area contributed by atoms with Gasteiger partial charge in [0.1, 0.15) is 5.56 Å². The molecule has 9 heteroatoms. The van der Waals surface area contributed by atoms with Gasteiger partial charge < -0.3 is 15.7 Å². The zero-order chi connectivity index (χ0) is 17.4. The molecule has 23 heavy (non-hydrogen) atoms. The van der Waals surface area contributed by atoms with E-state index >= 15 is 0 Å². The molecule has 0 aromatic carbocycles. The van der Waals surface area contributed by atoms with Crippen LogP contribution in [0.25, 0.3) is 0 Å². The summed E-state index contributed by atoms with van der Waals surface area (Å²) in [5.74, 6) is -0.523. The Bertz CT molecular complexity index is 642. The maximum absolute atomic E-state index is 11.9. The molecule has 1 rings (SSSR count). The minimum Gasteiger partial charge on any atom is -0.619 e. The van der Waals surface area contributed by atoms with Crippen LogP contribution in [-0.4, -0.2) is 34.3 Å². The summed E-state index contributed by atoms with van der Waals surface area (Å²) in [7, 11) is 0. The summed E-state index contributed by atoms with van der Waals surface area (Å²) in [6.07, 6.45) is 4.14. The Hall–Kier alpha value is -2.97. The first-order valence-electron chi connectivity index (χ1n) is 6.91. The van der Waals surface area contributed by atoms with Crippen LogP contribution in [0.15, 0.2) is 41.3 Å². The highest BCUT2D eigenvalue weighted by molar-refractivity contribution is 6.01. The van der Waals surface area contributed by atoms with Gasteiger partial charge in [0.15, 0.2) is 12.4 Å². The van der Waals surface area contributed by atoms with Crippen molar-refractivity contribution in [2.45, 2.75) is 26.3 Å². The Labute approximate surface area is 132 Å². The van der Waals surface area contributed by atoms with E-state index in [2.05, 4.69) is 10.5 Å². The monoisotopic (exact) mass is 322 g/mol. The first-order valence-corrected chi connectivity index (χ1v) is 6.91. The van der Waals surface area contributed by atoms with Crippen molar-refractivity contribution in [3.63, 3.8) is 0 Å². The minimum atomic E-state index is -0.916. The van der Waals surface area contributed by atoms with E-state index in [9.17, 15) is 20.1 Å². The predicted octanol–water partition coefficient (Wildman–Crippen LogP) is 0.882. The molecule has 1 aromatic heterocycles. The average Bonchev–Trinajstić information content (AvgIpc) is 2.54. The van der Waals surface area contributed by atoms with E-state index in [0.29, 0.717) is 16.7 Å². The lowest BCUT2D eigenvalue weighted by Crippen LogP contribution is -2.32. The van der Waals surface area contributed by atoms with Gasteiger partial charge in [-0.2, -0.15) is 4.73 Å². The van der Waals surface area contributed by atoms with Gasteiger partial charge in [-0.25, -0.2) is 0 Å². The van der Waals surface area contributed by atoms with Gasteiger partial charge in [0, 0.05) is 23.5 Å². The third-order valence-electron chi connectivity index (χ3n) is 3.21. The molecular formula is C14H18N4O5. The lowest BCUT2D eigenvalue weighted by atomic mass is 10.0. The zero-order valence-electron chi connectivity index (χ0n) is 12.8. The van der Waals surface area contributed by atoms with E-state index in [1.165, 1.54) is 31.3 Å². The Morgan fingerprint density at radius 2 is 2.30 bits per heavy atom. The number of nitro groups is 1. The Morgan fingerprint density at radius 3 is 2.83 bits per heavy atom. The van der Waals surface area contributed by atoms with Gasteiger partial charge in [-0.1, -0.05) is 12.1 Å². The van der Waals surface area contributed by atoms with Gasteiger partial charge in [-0.05, 0) is 18.6 Å². The standard InChI is InChI=1S/C14H18N4O5/c1-3-11(10(2)18(22)23)7-13(16-20)8-15-14(19)12-5-4-6-17(21)9-12/h4-7,9-10,20H,3,8H2,1-2H3,(H,15,19)/b11-7+,16-13+. The molecule has 1 unspecified atom stereocenters. The molecule has 0 aliphatic carbocycles. The van der Waals surface area contributed by atoms with Crippen molar-refractivity contribution < 1.29 is 19.7 Å². The van der Waals surface area contributed by atoms with Crippen molar-refractivity contribution in [2.24, 2.45) is 5.16 Å². The molecule has 0 spiro atoms. The minimum absolute atomic E-state index is 0.0785. The van der Waals surface area contributed by atoms with Crippen LogP contribution >= 0.6 is 0 Å². The van der Waals surface area contributed by atoms with Crippen LogP contribution in [-0.2, 0) is 0 Å². The second-order valence-corrected chi connectivity index (χ2v) is 4.76. The van der Waals surface area contributed by atoms with Crippen LogP contribution in [0.4, 0.5) is 0 Å². The number of aromatic nitrogens is 1. The van der Waals surface area contributed by atoms with Gasteiger partial charge in [-0.15, -0.1) is 0 Å². The van der Waals surface area contributed by atoms with Crippen molar-refractivity contribution in [3.05, 3.63) is 57.1 Å². The van der Waals surface area contributed by atoms with Gasteiger partial charge in [0.25, 0.3) is 5.91 Å². The number of hydrogen-bond acceptors (Lipinski definition) is 6. The number of pyridine rings is 1. The van der Waals surface area contributed by atoms with Crippen LogP contribution in [0.2, 0.25) is 0 Å². The fourth-order valence-corrected chi connectivity index (χ4v) is 1.84. The molecule has 1 amide bonds. The normalized spacial score (nSPS) is 13.5. The SMILES string of the molecule is CC/C(=C\C(CNC(=O)c1ccc[n+]([O-])c1)=N/O)C(C)[N+](=O)[O-]. The molecule has 1 atom stereocenters. The van der Waals surface area contributed by atoms with Crippen molar-refractivity contribution in [1.29, 1.82) is 0 Å². The van der Waals surface area contributed by atoms with Gasteiger partial charge >= 0.3 is 0 Å². The molecule has 0 fully saturated rings. The molecule has 1 heterocycles. The highest BCUT2D eigenvalue weighted by Crippen LogP contribution is 2.10. The number of nitrogens with one attached hydrogen (secondary N) is 1. The summed E-state index contributed by atoms with van der Waals surface area (Å²) in [4.78, 5) is 22.3. The quantitative estimate of drug-likeness (QED) is 0.192. The van der Waals surface area contributed by atoms with E-state index in [0.717, 1.165) is 6.20 Å². The van der Waals surface area contributed by atoms with E-state index in [4.69, 9.17) is 5.21 Å². The lowest BCUT2D eigenvalue weighted by molar-refractivity contribution is -0.605. The summed E-state index contributed by atoms with van der Waals surface area (Å²) in [5, 5.41) is 36.4. The number of oxime groups is 1. The van der Waals surface area contributed by atoms with E-state index in [1.54, 1.807) is 6.92 Å². The summed E-state index contributed by atoms with van der Waals surface area (Å²) in [6, 6.07) is 1.97. The third-order valence-corrected chi connectivity index (χ3v) is 3.21. The van der Waals surface area contributed by atoms with Crippen molar-refractivity contribution >= 4 is 11.6 Å². The number of nitrogens with zero attached hydrogens (tertiary/aromatic N) is 3. The molecule has 124 valence electrons. The molecule has 0 saturated carbocycles. The maximum Gasteiger partial charge on any atom is 0.257 e. The molecule has 0 radical (unpaired) electrons. The van der Waals surface area contributed by atoms with E-state index in [1.807, 2.05) is 0 Å². The maximum atomic E-state index is 11.9. The fourth-order valence-electron chi connectivity index (χ4n) is 1.84. The first kappa shape index (κ1) is 18.1. The number of hydrogen-bond donors (Lipinski definition) is 2. The number of amides is 1. The molecular weight excluding hydrogens is 304 g/mol. The number of carbonyl (C=O) groups is 1. The Balaban J connectivity index is 2.77. The second-order valence-electron chi connectivity index (χ2n) is 4.76. The molecule has 2 N–H and O–H groups in total. The topological polar surface area (TPSA) is 132 Å². The van der Waals surface area contributed by atoms with Crippen LogP contribution in [0.5, 0.6) is 0 Å². The van der Waals surface area contributed by atoms with Crippen LogP contribution in [0, 0.1) is 15.3 Å². The van der Waals surface area contributed by atoms with E-state index < -0.39 is 16.9 Å². The Kier molecular flexibility index (Phi) is 6.66. The molecule has 0 aliphatic rings. The fraction of sp³-hybridized carbons (Fsp3) is 0.357. The second kappa shape index (κ2) is 8.47. The molecule has 1 aromatic rings. The molecule has 0 saturated heterocycles. The largest absolute Gasteiger partial charge is 0.619 e. The first-order chi connectivity index (χ1) is 10.9. The highest BCUT2D eigenvalue weighted by Gasteiger charge is 2.18. The summed E-state index contributed by atoms with van der Waals surface area (Å²) in [6.45, 7) is 3.05. The predicted molar refractivity (Wildman–Crippen MR) is 81.8 cm³/mol. The van der Waals surface area contributed by atoms with E-state index in [-0.39, 0.29) is 17.8 Å². The third kappa shape index (κ3) is 5.38. The van der Waals surface area contributed by atoms with Crippen molar-refractivity contribution in [2.75, 3.05) is 6.54 Å². The van der Waals surface area contributed by atoms with Gasteiger partial charge in [0.05, 0.1) is 12.3 Å². The van der Waals surface area contributed by atoms with Crippen LogP contribution in [0.1, 0.15) is 30.6 Å². The van der Waals surface area contributed by atoms with Crippen LogP contribution < -0.4 is 10.0 Å². The number of carbonyl (C=O) groups excluding carboxylic acids is 1. The summed E-state index contributed by atoms with van der Waals surface area (Å²) >= 11 is 0. The highest BCUT2D eigenvalue weighted by atomic mass is 16.6. The van der Waals surface area contributed by atoms with Crippen molar-refractivity contribution in [1.82, 2.24) is 5.32 Å². The average molecular weight is 322 g/mol. The Morgan fingerprint density at radius 1 is 1.61 bits per heavy atom. The number of rotatable bonds is 7. The molecule has 0 aliphatic heterocycles. The van der Waals surface area contributed by atoms with Crippen LogP contribution in [0.3, 0.4) is 0 Å². The lowest BCUT2D eigenvalue weighted by Gasteiger charge is -2.08. The van der Waals surface area contributed by atoms with Gasteiger partial charge in [0.2, 0.25) is 6.04 Å². The zero-order valence-corrected chi connectivity index (χ0v) is 12.8. The molecule has 9 nitrogen and oxygen atoms in total.